The number of aromatic amines is 1. The second kappa shape index (κ2) is 5.57. The van der Waals surface area contributed by atoms with E-state index in [1.807, 2.05) is 12.1 Å². The van der Waals surface area contributed by atoms with Gasteiger partial charge in [-0.25, -0.2) is 4.79 Å². The van der Waals surface area contributed by atoms with E-state index in [1.54, 1.807) is 6.07 Å². The summed E-state index contributed by atoms with van der Waals surface area (Å²) in [5, 5.41) is 3.88. The van der Waals surface area contributed by atoms with Crippen LogP contribution in [0.5, 0.6) is 0 Å². The Bertz CT molecular complexity index is 733. The molecule has 0 saturated carbocycles. The number of esters is 1. The quantitative estimate of drug-likeness (QED) is 0.796. The van der Waals surface area contributed by atoms with E-state index in [1.165, 1.54) is 13.2 Å². The molecule has 1 saturated heterocycles. The van der Waals surface area contributed by atoms with Gasteiger partial charge in [0.25, 0.3) is 0 Å². The van der Waals surface area contributed by atoms with Crippen LogP contribution in [-0.4, -0.2) is 44.2 Å². The lowest BCUT2D eigenvalue weighted by Gasteiger charge is -2.30. The van der Waals surface area contributed by atoms with E-state index in [9.17, 15) is 9.59 Å². The van der Waals surface area contributed by atoms with E-state index >= 15 is 0 Å². The Hall–Kier alpha value is -2.34. The lowest BCUT2D eigenvalue weighted by atomic mass is 10.1. The molecule has 110 valence electrons. The van der Waals surface area contributed by atoms with Crippen LogP contribution in [0.3, 0.4) is 0 Å². The van der Waals surface area contributed by atoms with Crippen molar-refractivity contribution >= 4 is 22.6 Å². The maximum Gasteiger partial charge on any atom is 0.354 e. The van der Waals surface area contributed by atoms with Crippen molar-refractivity contribution in [2.45, 2.75) is 0 Å². The van der Waals surface area contributed by atoms with Gasteiger partial charge in [0, 0.05) is 37.6 Å². The summed E-state index contributed by atoms with van der Waals surface area (Å²) in [6.07, 6.45) is 0. The highest BCUT2D eigenvalue weighted by Crippen LogP contribution is 2.24. The number of para-hydroxylation sites is 1. The van der Waals surface area contributed by atoms with Gasteiger partial charge >= 0.3 is 5.97 Å². The predicted octanol–water partition coefficient (Wildman–Crippen LogP) is 0.724. The van der Waals surface area contributed by atoms with Crippen molar-refractivity contribution in [3.63, 3.8) is 0 Å². The Labute approximate surface area is 121 Å². The number of benzene rings is 1. The van der Waals surface area contributed by atoms with Crippen molar-refractivity contribution in [1.82, 2.24) is 10.3 Å². The molecule has 3 rings (SSSR count). The number of H-pyrrole nitrogens is 1. The molecule has 2 heterocycles. The number of nitrogens with one attached hydrogen (secondary N) is 2. The lowest BCUT2D eigenvalue weighted by Crippen LogP contribution is -2.43. The fourth-order valence-electron chi connectivity index (χ4n) is 2.65. The second-order valence-corrected chi connectivity index (χ2v) is 4.98. The molecule has 21 heavy (non-hydrogen) atoms. The Kier molecular flexibility index (Phi) is 3.62. The smallest absolute Gasteiger partial charge is 0.354 e. The maximum absolute atomic E-state index is 12.2. The van der Waals surface area contributed by atoms with Crippen LogP contribution in [0.25, 0.3) is 10.9 Å². The van der Waals surface area contributed by atoms with Crippen molar-refractivity contribution < 1.29 is 9.53 Å². The van der Waals surface area contributed by atoms with Crippen molar-refractivity contribution in [1.29, 1.82) is 0 Å². The molecule has 0 amide bonds. The molecule has 6 heteroatoms. The van der Waals surface area contributed by atoms with Gasteiger partial charge < -0.3 is 19.9 Å². The maximum atomic E-state index is 12.2. The minimum absolute atomic E-state index is 0.178. The first kappa shape index (κ1) is 13.6. The topological polar surface area (TPSA) is 74.4 Å². The van der Waals surface area contributed by atoms with Gasteiger partial charge in [0.2, 0.25) is 0 Å². The summed E-state index contributed by atoms with van der Waals surface area (Å²) in [5.41, 5.74) is 1.63. The number of carbonyl (C=O) groups is 1. The van der Waals surface area contributed by atoms with Gasteiger partial charge in [-0.05, 0) is 12.1 Å². The standard InChI is InChI=1S/C15H17N3O3/c1-21-15(20)11-9-13(19)10-3-2-4-12(14(10)17-11)18-7-5-16-6-8-18/h2-4,9,16H,5-8H2,1H3,(H,17,19). The van der Waals surface area contributed by atoms with Gasteiger partial charge in [-0.1, -0.05) is 6.07 Å². The minimum atomic E-state index is -0.538. The molecule has 1 aliphatic rings. The fraction of sp³-hybridized carbons (Fsp3) is 0.333. The Morgan fingerprint density at radius 2 is 2.05 bits per heavy atom. The summed E-state index contributed by atoms with van der Waals surface area (Å²) < 4.78 is 4.69. The molecule has 2 N–H and O–H groups in total. The van der Waals surface area contributed by atoms with E-state index in [0.29, 0.717) is 10.9 Å². The number of pyridine rings is 1. The van der Waals surface area contributed by atoms with Crippen LogP contribution in [0, 0.1) is 0 Å². The number of fused-ring (bicyclic) bond motifs is 1. The number of piperazine rings is 1. The van der Waals surface area contributed by atoms with Crippen molar-refractivity contribution in [2.75, 3.05) is 38.2 Å². The normalized spacial score (nSPS) is 15.2. The molecule has 0 radical (unpaired) electrons. The molecule has 1 fully saturated rings. The van der Waals surface area contributed by atoms with E-state index in [4.69, 9.17) is 4.74 Å². The monoisotopic (exact) mass is 287 g/mol. The Morgan fingerprint density at radius 1 is 1.29 bits per heavy atom. The molecule has 0 atom stereocenters. The summed E-state index contributed by atoms with van der Waals surface area (Å²) in [4.78, 5) is 29.1. The zero-order chi connectivity index (χ0) is 14.8. The lowest BCUT2D eigenvalue weighted by molar-refractivity contribution is 0.0594. The molecular formula is C15H17N3O3. The van der Waals surface area contributed by atoms with E-state index < -0.39 is 5.97 Å². The summed E-state index contributed by atoms with van der Waals surface area (Å²) in [7, 11) is 1.30. The Balaban J connectivity index is 2.18. The third-order valence-electron chi connectivity index (χ3n) is 3.71. The number of ether oxygens (including phenoxy) is 1. The molecule has 1 aromatic heterocycles. The summed E-state index contributed by atoms with van der Waals surface area (Å²) in [5.74, 6) is -0.538. The number of carbonyl (C=O) groups excluding carboxylic acids is 1. The number of hydrogen-bond donors (Lipinski definition) is 2. The highest BCUT2D eigenvalue weighted by atomic mass is 16.5. The first-order valence-electron chi connectivity index (χ1n) is 6.91. The van der Waals surface area contributed by atoms with Crippen LogP contribution in [0.2, 0.25) is 0 Å². The van der Waals surface area contributed by atoms with Crippen LogP contribution in [0.15, 0.2) is 29.1 Å². The summed E-state index contributed by atoms with van der Waals surface area (Å²) >= 11 is 0. The largest absolute Gasteiger partial charge is 0.464 e. The molecule has 0 bridgehead atoms. The van der Waals surface area contributed by atoms with Gasteiger partial charge in [-0.3, -0.25) is 4.79 Å². The summed E-state index contributed by atoms with van der Waals surface area (Å²) in [6.45, 7) is 3.53. The average molecular weight is 287 g/mol. The number of rotatable bonds is 2. The second-order valence-electron chi connectivity index (χ2n) is 4.98. The first-order chi connectivity index (χ1) is 10.2. The van der Waals surface area contributed by atoms with Crippen LogP contribution in [-0.2, 0) is 4.74 Å². The van der Waals surface area contributed by atoms with Gasteiger partial charge in [0.15, 0.2) is 5.43 Å². The number of aromatic nitrogens is 1. The fourth-order valence-corrected chi connectivity index (χ4v) is 2.65. The number of anilines is 1. The molecule has 0 aliphatic carbocycles. The minimum Gasteiger partial charge on any atom is -0.464 e. The third kappa shape index (κ3) is 2.50. The Morgan fingerprint density at radius 3 is 2.76 bits per heavy atom. The summed E-state index contributed by atoms with van der Waals surface area (Å²) in [6, 6.07) is 6.88. The van der Waals surface area contributed by atoms with Gasteiger partial charge in [-0.15, -0.1) is 0 Å². The zero-order valence-corrected chi connectivity index (χ0v) is 11.8. The van der Waals surface area contributed by atoms with E-state index in [-0.39, 0.29) is 11.1 Å². The van der Waals surface area contributed by atoms with Crippen molar-refractivity contribution in [3.8, 4) is 0 Å². The molecule has 0 unspecified atom stereocenters. The molecule has 6 nitrogen and oxygen atoms in total. The molecule has 2 aromatic rings. The highest BCUT2D eigenvalue weighted by Gasteiger charge is 2.16. The van der Waals surface area contributed by atoms with Crippen LogP contribution >= 0.6 is 0 Å². The van der Waals surface area contributed by atoms with E-state index in [0.717, 1.165) is 31.9 Å². The van der Waals surface area contributed by atoms with E-state index in [2.05, 4.69) is 15.2 Å². The molecule has 0 spiro atoms. The predicted molar refractivity (Wildman–Crippen MR) is 81.0 cm³/mol. The molecule has 1 aliphatic heterocycles. The average Bonchev–Trinajstić information content (AvgIpc) is 2.54. The molecule has 1 aromatic carbocycles. The van der Waals surface area contributed by atoms with Gasteiger partial charge in [-0.2, -0.15) is 0 Å². The number of methoxy groups -OCH3 is 1. The highest BCUT2D eigenvalue weighted by molar-refractivity contribution is 5.95. The zero-order valence-electron chi connectivity index (χ0n) is 11.8. The van der Waals surface area contributed by atoms with Gasteiger partial charge in [0.1, 0.15) is 5.69 Å². The van der Waals surface area contributed by atoms with Crippen LogP contribution in [0.4, 0.5) is 5.69 Å². The van der Waals surface area contributed by atoms with Crippen molar-refractivity contribution in [2.24, 2.45) is 0 Å². The van der Waals surface area contributed by atoms with Gasteiger partial charge in [0.05, 0.1) is 18.3 Å². The molecular weight excluding hydrogens is 270 g/mol. The first-order valence-corrected chi connectivity index (χ1v) is 6.91. The number of hydrogen-bond acceptors (Lipinski definition) is 5. The SMILES string of the molecule is COC(=O)c1cc(=O)c2cccc(N3CCNCC3)c2[nH]1. The van der Waals surface area contributed by atoms with Crippen molar-refractivity contribution in [3.05, 3.63) is 40.2 Å². The number of nitrogens with zero attached hydrogens (tertiary/aromatic N) is 1. The van der Waals surface area contributed by atoms with Crippen LogP contribution in [0.1, 0.15) is 10.5 Å². The third-order valence-corrected chi connectivity index (χ3v) is 3.71. The van der Waals surface area contributed by atoms with Crippen LogP contribution < -0.4 is 15.6 Å².